The third-order valence-corrected chi connectivity index (χ3v) is 7.11. The monoisotopic (exact) mass is 449 g/mol. The molecule has 5 rings (SSSR count). The summed E-state index contributed by atoms with van der Waals surface area (Å²) in [5.74, 6) is -0.258. The van der Waals surface area contributed by atoms with Crippen LogP contribution < -0.4 is 5.32 Å². The molecule has 2 aliphatic heterocycles. The Morgan fingerprint density at radius 3 is 2.58 bits per heavy atom. The molecule has 174 valence electrons. The second-order valence-electron chi connectivity index (χ2n) is 9.56. The van der Waals surface area contributed by atoms with E-state index in [9.17, 15) is 14.4 Å². The van der Waals surface area contributed by atoms with E-state index in [1.54, 1.807) is 9.58 Å². The molecule has 1 N–H and O–H groups in total. The average molecular weight is 450 g/mol. The van der Waals surface area contributed by atoms with Crippen LogP contribution in [0.2, 0.25) is 0 Å². The summed E-state index contributed by atoms with van der Waals surface area (Å²) in [5, 5.41) is 7.64. The van der Waals surface area contributed by atoms with Crippen molar-refractivity contribution < 1.29 is 14.4 Å². The van der Waals surface area contributed by atoms with Gasteiger partial charge in [0.25, 0.3) is 11.8 Å². The van der Waals surface area contributed by atoms with Crippen LogP contribution in [0.15, 0.2) is 24.3 Å². The molecule has 3 heterocycles. The molecule has 1 atom stereocenters. The van der Waals surface area contributed by atoms with Gasteiger partial charge in [0.2, 0.25) is 5.91 Å². The van der Waals surface area contributed by atoms with Crippen LogP contribution in [0.5, 0.6) is 0 Å². The first-order valence-corrected chi connectivity index (χ1v) is 11.9. The van der Waals surface area contributed by atoms with Gasteiger partial charge in [0.05, 0.1) is 12.5 Å². The zero-order chi connectivity index (χ0) is 23.1. The second-order valence-corrected chi connectivity index (χ2v) is 9.56. The van der Waals surface area contributed by atoms with E-state index in [4.69, 9.17) is 0 Å². The van der Waals surface area contributed by atoms with Crippen molar-refractivity contribution in [2.45, 2.75) is 51.6 Å². The highest BCUT2D eigenvalue weighted by Crippen LogP contribution is 2.27. The predicted octanol–water partition coefficient (Wildman–Crippen LogP) is 2.06. The second kappa shape index (κ2) is 8.65. The smallest absolute Gasteiger partial charge is 0.274 e. The molecule has 0 bridgehead atoms. The number of hydrogen-bond donors (Lipinski definition) is 1. The van der Waals surface area contributed by atoms with Crippen LogP contribution in [-0.2, 0) is 24.8 Å². The van der Waals surface area contributed by atoms with E-state index in [-0.39, 0.29) is 23.6 Å². The van der Waals surface area contributed by atoms with E-state index in [0.29, 0.717) is 49.9 Å². The highest BCUT2D eigenvalue weighted by Gasteiger charge is 2.35. The standard InChI is InChI=1S/C25H31N5O3/c1-16-6-3-4-8-19(16)24(32)30-13-11-21-20(15-30)22(27-28(21)2)25(33)29-12-5-7-17(14-29)23(31)26-18-9-10-18/h3-4,6,8,17-18H,5,7,9-15H2,1-2H3,(H,26,31). The first-order chi connectivity index (χ1) is 15.9. The van der Waals surface area contributed by atoms with Gasteiger partial charge in [-0.2, -0.15) is 5.10 Å². The van der Waals surface area contributed by atoms with E-state index in [2.05, 4.69) is 10.4 Å². The van der Waals surface area contributed by atoms with Gasteiger partial charge in [-0.1, -0.05) is 18.2 Å². The van der Waals surface area contributed by atoms with Crippen molar-refractivity contribution in [2.24, 2.45) is 13.0 Å². The fourth-order valence-corrected chi connectivity index (χ4v) is 4.99. The number of aryl methyl sites for hydroxylation is 2. The number of carbonyl (C=O) groups is 3. The Balaban J connectivity index is 1.34. The summed E-state index contributed by atoms with van der Waals surface area (Å²) in [6.07, 6.45) is 4.39. The van der Waals surface area contributed by atoms with Crippen LogP contribution in [0.1, 0.15) is 63.4 Å². The minimum Gasteiger partial charge on any atom is -0.353 e. The predicted molar refractivity (Wildman–Crippen MR) is 123 cm³/mol. The van der Waals surface area contributed by atoms with Gasteiger partial charge in [0, 0.05) is 56.0 Å². The molecule has 33 heavy (non-hydrogen) atoms. The highest BCUT2D eigenvalue weighted by atomic mass is 16.2. The molecule has 2 aromatic rings. The first kappa shape index (κ1) is 21.7. The lowest BCUT2D eigenvalue weighted by Crippen LogP contribution is -2.46. The van der Waals surface area contributed by atoms with Gasteiger partial charge >= 0.3 is 0 Å². The average Bonchev–Trinajstić information content (AvgIpc) is 3.59. The number of rotatable bonds is 4. The van der Waals surface area contributed by atoms with Gasteiger partial charge in [0.1, 0.15) is 0 Å². The molecule has 1 unspecified atom stereocenters. The molecule has 0 spiro atoms. The minimum atomic E-state index is -0.165. The van der Waals surface area contributed by atoms with Crippen molar-refractivity contribution in [1.82, 2.24) is 24.9 Å². The quantitative estimate of drug-likeness (QED) is 0.774. The van der Waals surface area contributed by atoms with Crippen molar-refractivity contribution >= 4 is 17.7 Å². The molecule has 1 aromatic heterocycles. The Kier molecular flexibility index (Phi) is 5.68. The topological polar surface area (TPSA) is 87.5 Å². The third-order valence-electron chi connectivity index (χ3n) is 7.11. The molecule has 3 aliphatic rings. The summed E-state index contributed by atoms with van der Waals surface area (Å²) in [7, 11) is 1.86. The molecule has 0 radical (unpaired) electrons. The van der Waals surface area contributed by atoms with E-state index < -0.39 is 0 Å². The Hall–Kier alpha value is -3.16. The molecule has 8 heteroatoms. The van der Waals surface area contributed by atoms with Crippen molar-refractivity contribution in [3.05, 3.63) is 52.3 Å². The number of nitrogens with zero attached hydrogens (tertiary/aromatic N) is 4. The fourth-order valence-electron chi connectivity index (χ4n) is 4.99. The van der Waals surface area contributed by atoms with E-state index >= 15 is 0 Å². The van der Waals surface area contributed by atoms with Crippen molar-refractivity contribution in [1.29, 1.82) is 0 Å². The van der Waals surface area contributed by atoms with E-state index in [1.165, 1.54) is 0 Å². The number of carbonyl (C=O) groups excluding carboxylic acids is 3. The van der Waals surface area contributed by atoms with Crippen LogP contribution in [0.25, 0.3) is 0 Å². The number of likely N-dealkylation sites (tertiary alicyclic amines) is 1. The maximum atomic E-state index is 13.5. The van der Waals surface area contributed by atoms with Gasteiger partial charge < -0.3 is 15.1 Å². The van der Waals surface area contributed by atoms with Crippen molar-refractivity contribution in [2.75, 3.05) is 19.6 Å². The molecule has 1 saturated heterocycles. The van der Waals surface area contributed by atoms with Crippen LogP contribution >= 0.6 is 0 Å². The summed E-state index contributed by atoms with van der Waals surface area (Å²) >= 11 is 0. The largest absolute Gasteiger partial charge is 0.353 e. The summed E-state index contributed by atoms with van der Waals surface area (Å²) < 4.78 is 1.78. The zero-order valence-electron chi connectivity index (χ0n) is 19.3. The molecule has 8 nitrogen and oxygen atoms in total. The summed E-state index contributed by atoms with van der Waals surface area (Å²) in [6, 6.07) is 7.91. The summed E-state index contributed by atoms with van der Waals surface area (Å²) in [4.78, 5) is 42.8. The van der Waals surface area contributed by atoms with Gasteiger partial charge in [-0.05, 0) is 44.2 Å². The molecular formula is C25H31N5O3. The van der Waals surface area contributed by atoms with Crippen LogP contribution in [0.3, 0.4) is 0 Å². The van der Waals surface area contributed by atoms with Crippen molar-refractivity contribution in [3.8, 4) is 0 Å². The van der Waals surface area contributed by atoms with Gasteiger partial charge in [-0.25, -0.2) is 0 Å². The van der Waals surface area contributed by atoms with E-state index in [0.717, 1.165) is 42.5 Å². The summed E-state index contributed by atoms with van der Waals surface area (Å²) in [6.45, 7) is 3.96. The van der Waals surface area contributed by atoms with Crippen LogP contribution in [0.4, 0.5) is 0 Å². The third kappa shape index (κ3) is 4.26. The highest BCUT2D eigenvalue weighted by molar-refractivity contribution is 5.97. The van der Waals surface area contributed by atoms with Crippen LogP contribution in [0, 0.1) is 12.8 Å². The first-order valence-electron chi connectivity index (χ1n) is 11.9. The number of hydrogen-bond acceptors (Lipinski definition) is 4. The molecule has 1 aliphatic carbocycles. The number of nitrogens with one attached hydrogen (secondary N) is 1. The van der Waals surface area contributed by atoms with Crippen molar-refractivity contribution in [3.63, 3.8) is 0 Å². The maximum Gasteiger partial charge on any atom is 0.274 e. The lowest BCUT2D eigenvalue weighted by molar-refractivity contribution is -0.126. The Morgan fingerprint density at radius 1 is 1.03 bits per heavy atom. The molecule has 2 fully saturated rings. The molecular weight excluding hydrogens is 418 g/mol. The molecule has 1 saturated carbocycles. The van der Waals surface area contributed by atoms with Gasteiger partial charge in [-0.15, -0.1) is 0 Å². The molecule has 3 amide bonds. The number of amides is 3. The Morgan fingerprint density at radius 2 is 1.82 bits per heavy atom. The summed E-state index contributed by atoms with van der Waals surface area (Å²) in [5.41, 5.74) is 3.89. The number of aromatic nitrogens is 2. The number of piperidine rings is 1. The lowest BCUT2D eigenvalue weighted by atomic mass is 9.96. The Labute approximate surface area is 193 Å². The number of benzene rings is 1. The SMILES string of the molecule is Cc1ccccc1C(=O)N1CCc2c(c(C(=O)N3CCCC(C(=O)NC4CC4)C3)nn2C)C1. The lowest BCUT2D eigenvalue weighted by Gasteiger charge is -2.32. The zero-order valence-corrected chi connectivity index (χ0v) is 19.3. The Bertz CT molecular complexity index is 1100. The van der Waals surface area contributed by atoms with Crippen LogP contribution in [-0.4, -0.2) is 63.0 Å². The normalized spacial score (nSPS) is 20.4. The molecule has 1 aromatic carbocycles. The van der Waals surface area contributed by atoms with Gasteiger partial charge in [0.15, 0.2) is 5.69 Å². The fraction of sp³-hybridized carbons (Fsp3) is 0.520. The van der Waals surface area contributed by atoms with E-state index in [1.807, 2.05) is 43.1 Å². The minimum absolute atomic E-state index is 0.0178. The van der Waals surface area contributed by atoms with Gasteiger partial charge in [-0.3, -0.25) is 19.1 Å². The maximum absolute atomic E-state index is 13.5. The number of fused-ring (bicyclic) bond motifs is 1.